The lowest BCUT2D eigenvalue weighted by Gasteiger charge is -2.31. The predicted molar refractivity (Wildman–Crippen MR) is 130 cm³/mol. The van der Waals surface area contributed by atoms with Gasteiger partial charge in [0.1, 0.15) is 11.2 Å². The minimum atomic E-state index is -0.581. The molecule has 174 valence electrons. The van der Waals surface area contributed by atoms with E-state index in [0.29, 0.717) is 34.6 Å². The summed E-state index contributed by atoms with van der Waals surface area (Å²) in [5.41, 5.74) is 3.41. The van der Waals surface area contributed by atoms with Gasteiger partial charge >= 0.3 is 12.0 Å². The van der Waals surface area contributed by atoms with Gasteiger partial charge in [-0.3, -0.25) is 10.1 Å². The first-order valence-corrected chi connectivity index (χ1v) is 11.6. The van der Waals surface area contributed by atoms with Crippen LogP contribution in [-0.2, 0) is 9.53 Å². The first-order chi connectivity index (χ1) is 16.4. The Bertz CT molecular complexity index is 1270. The highest BCUT2D eigenvalue weighted by Crippen LogP contribution is 2.40. The molecular formula is C23H21ClN6O3S. The van der Waals surface area contributed by atoms with E-state index in [1.807, 2.05) is 19.1 Å². The molecule has 11 heteroatoms. The summed E-state index contributed by atoms with van der Waals surface area (Å²) < 4.78 is 4.78. The van der Waals surface area contributed by atoms with Crippen LogP contribution in [0.15, 0.2) is 36.4 Å². The Morgan fingerprint density at radius 1 is 1.29 bits per heavy atom. The number of pyridine rings is 1. The van der Waals surface area contributed by atoms with E-state index in [1.165, 1.54) is 18.4 Å². The number of halogens is 1. The molecule has 2 N–H and O–H groups in total. The summed E-state index contributed by atoms with van der Waals surface area (Å²) in [5, 5.41) is 15.9. The van der Waals surface area contributed by atoms with Crippen LogP contribution in [0, 0.1) is 18.3 Å². The number of amides is 2. The van der Waals surface area contributed by atoms with Crippen molar-refractivity contribution in [2.24, 2.45) is 0 Å². The van der Waals surface area contributed by atoms with Gasteiger partial charge in [0.2, 0.25) is 0 Å². The molecule has 1 fully saturated rings. The number of aryl methyl sites for hydroxylation is 1. The smallest absolute Gasteiger partial charge is 0.324 e. The molecule has 3 heterocycles. The highest BCUT2D eigenvalue weighted by Gasteiger charge is 2.29. The second kappa shape index (κ2) is 10.2. The van der Waals surface area contributed by atoms with Crippen molar-refractivity contribution in [2.75, 3.05) is 32.1 Å². The van der Waals surface area contributed by atoms with E-state index in [2.05, 4.69) is 26.7 Å². The zero-order valence-corrected chi connectivity index (χ0v) is 20.0. The molecule has 0 aliphatic carbocycles. The van der Waals surface area contributed by atoms with Crippen LogP contribution in [0.4, 0.5) is 9.93 Å². The van der Waals surface area contributed by atoms with Crippen LogP contribution in [0.25, 0.3) is 21.7 Å². The van der Waals surface area contributed by atoms with Crippen molar-refractivity contribution in [1.82, 2.24) is 20.2 Å². The molecule has 1 aliphatic rings. The van der Waals surface area contributed by atoms with Gasteiger partial charge in [-0.05, 0) is 36.8 Å². The van der Waals surface area contributed by atoms with E-state index >= 15 is 0 Å². The standard InChI is InChI=1S/C23H21ClN6O3S/c1-13-8-16(10-18(24)27-13)20-19(15-5-3-4-14(9-15)11-25)28-22(34-20)29-23(32)30-7-6-26-17(12-30)21(31)33-2/h3-5,8-10,17,26H,6-7,12H2,1-2H3,(H,28,29,32)/t17-/m1/s1. The van der Waals surface area contributed by atoms with E-state index in [0.717, 1.165) is 21.7 Å². The van der Waals surface area contributed by atoms with Gasteiger partial charge in [-0.15, -0.1) is 0 Å². The van der Waals surface area contributed by atoms with E-state index in [-0.39, 0.29) is 12.6 Å². The summed E-state index contributed by atoms with van der Waals surface area (Å²) in [6.07, 6.45) is 0. The van der Waals surface area contributed by atoms with Crippen molar-refractivity contribution >= 4 is 40.1 Å². The first kappa shape index (κ1) is 23.6. The van der Waals surface area contributed by atoms with E-state index < -0.39 is 12.0 Å². The number of carbonyl (C=O) groups excluding carboxylic acids is 2. The summed E-state index contributed by atoms with van der Waals surface area (Å²) in [6, 6.07) is 11.9. The second-order valence-electron chi connectivity index (χ2n) is 7.62. The molecule has 0 spiro atoms. The minimum absolute atomic E-state index is 0.187. The zero-order valence-electron chi connectivity index (χ0n) is 18.5. The fourth-order valence-electron chi connectivity index (χ4n) is 3.67. The molecule has 9 nitrogen and oxygen atoms in total. The topological polar surface area (TPSA) is 120 Å². The van der Waals surface area contributed by atoms with Crippen molar-refractivity contribution in [3.8, 4) is 27.8 Å². The van der Waals surface area contributed by atoms with Gasteiger partial charge in [0, 0.05) is 30.9 Å². The fourth-order valence-corrected chi connectivity index (χ4v) is 4.88. The third-order valence-corrected chi connectivity index (χ3v) is 6.45. The summed E-state index contributed by atoms with van der Waals surface area (Å²) in [7, 11) is 1.32. The van der Waals surface area contributed by atoms with Crippen LogP contribution >= 0.6 is 22.9 Å². The lowest BCUT2D eigenvalue weighted by Crippen LogP contribution is -2.56. The van der Waals surface area contributed by atoms with Gasteiger partial charge in [0.25, 0.3) is 0 Å². The number of benzene rings is 1. The number of urea groups is 1. The number of rotatable bonds is 4. The first-order valence-electron chi connectivity index (χ1n) is 10.4. The summed E-state index contributed by atoms with van der Waals surface area (Å²) in [5.74, 6) is -0.418. The number of hydrogen-bond acceptors (Lipinski definition) is 8. The third kappa shape index (κ3) is 5.17. The van der Waals surface area contributed by atoms with Crippen LogP contribution in [0.2, 0.25) is 5.15 Å². The van der Waals surface area contributed by atoms with Gasteiger partial charge in [0.05, 0.1) is 29.3 Å². The second-order valence-corrected chi connectivity index (χ2v) is 9.00. The lowest BCUT2D eigenvalue weighted by atomic mass is 10.1. The lowest BCUT2D eigenvalue weighted by molar-refractivity contribution is -0.143. The number of methoxy groups -OCH3 is 1. The van der Waals surface area contributed by atoms with Crippen molar-refractivity contribution in [2.45, 2.75) is 13.0 Å². The third-order valence-electron chi connectivity index (χ3n) is 5.24. The van der Waals surface area contributed by atoms with Crippen LogP contribution in [0.3, 0.4) is 0 Å². The largest absolute Gasteiger partial charge is 0.468 e. The van der Waals surface area contributed by atoms with Crippen molar-refractivity contribution < 1.29 is 14.3 Å². The highest BCUT2D eigenvalue weighted by atomic mass is 35.5. The maximum Gasteiger partial charge on any atom is 0.324 e. The number of hydrogen-bond donors (Lipinski definition) is 2. The maximum absolute atomic E-state index is 13.0. The molecule has 1 aromatic carbocycles. The molecule has 1 saturated heterocycles. The molecule has 0 unspecified atom stereocenters. The van der Waals surface area contributed by atoms with E-state index in [1.54, 1.807) is 29.2 Å². The Morgan fingerprint density at radius 2 is 2.12 bits per heavy atom. The van der Waals surface area contributed by atoms with Crippen LogP contribution in [0.1, 0.15) is 11.3 Å². The molecule has 0 radical (unpaired) electrons. The van der Waals surface area contributed by atoms with E-state index in [4.69, 9.17) is 16.3 Å². The maximum atomic E-state index is 13.0. The molecule has 0 bridgehead atoms. The Balaban J connectivity index is 1.67. The molecule has 4 rings (SSSR count). The highest BCUT2D eigenvalue weighted by molar-refractivity contribution is 7.19. The SMILES string of the molecule is COC(=O)[C@H]1CN(C(=O)Nc2nc(-c3cccc(C#N)c3)c(-c3cc(C)nc(Cl)c3)s2)CCN1. The number of nitriles is 1. The van der Waals surface area contributed by atoms with Gasteiger partial charge in [-0.1, -0.05) is 35.1 Å². The van der Waals surface area contributed by atoms with Crippen LogP contribution in [-0.4, -0.2) is 59.7 Å². The average molecular weight is 497 g/mol. The normalized spacial score (nSPS) is 15.5. The molecule has 2 aromatic heterocycles. The van der Waals surface area contributed by atoms with Crippen molar-refractivity contribution in [3.05, 3.63) is 52.8 Å². The van der Waals surface area contributed by atoms with Crippen molar-refractivity contribution in [1.29, 1.82) is 5.26 Å². The number of carbonyl (C=O) groups is 2. The summed E-state index contributed by atoms with van der Waals surface area (Å²) in [4.78, 5) is 36.0. The number of esters is 1. The van der Waals surface area contributed by atoms with Crippen LogP contribution < -0.4 is 10.6 Å². The number of nitrogens with zero attached hydrogens (tertiary/aromatic N) is 4. The van der Waals surface area contributed by atoms with Crippen molar-refractivity contribution in [3.63, 3.8) is 0 Å². The summed E-state index contributed by atoms with van der Waals surface area (Å²) in [6.45, 7) is 2.94. The Labute approximate surface area is 205 Å². The fraction of sp³-hybridized carbons (Fsp3) is 0.261. The Morgan fingerprint density at radius 3 is 2.85 bits per heavy atom. The number of thiazole rings is 1. The Hall–Kier alpha value is -3.52. The number of anilines is 1. The van der Waals surface area contributed by atoms with E-state index in [9.17, 15) is 14.9 Å². The molecule has 0 saturated carbocycles. The number of nitrogens with one attached hydrogen (secondary N) is 2. The van der Waals surface area contributed by atoms with Gasteiger partial charge in [-0.25, -0.2) is 14.8 Å². The monoisotopic (exact) mass is 496 g/mol. The average Bonchev–Trinajstić information content (AvgIpc) is 3.27. The number of piperazine rings is 1. The molecular weight excluding hydrogens is 476 g/mol. The van der Waals surface area contributed by atoms with Gasteiger partial charge in [-0.2, -0.15) is 5.26 Å². The zero-order chi connectivity index (χ0) is 24.2. The van der Waals surface area contributed by atoms with Gasteiger partial charge < -0.3 is 15.0 Å². The predicted octanol–water partition coefficient (Wildman–Crippen LogP) is 3.68. The Kier molecular flexibility index (Phi) is 7.07. The molecule has 2 amide bonds. The quantitative estimate of drug-likeness (QED) is 0.417. The summed E-state index contributed by atoms with van der Waals surface area (Å²) >= 11 is 7.50. The number of aromatic nitrogens is 2. The van der Waals surface area contributed by atoms with Gasteiger partial charge in [0.15, 0.2) is 5.13 Å². The molecule has 34 heavy (non-hydrogen) atoms. The van der Waals surface area contributed by atoms with Crippen LogP contribution in [0.5, 0.6) is 0 Å². The molecule has 1 atom stereocenters. The minimum Gasteiger partial charge on any atom is -0.468 e. The number of ether oxygens (including phenoxy) is 1. The molecule has 3 aromatic rings. The molecule has 1 aliphatic heterocycles.